The van der Waals surface area contributed by atoms with Crippen LogP contribution in [0.3, 0.4) is 0 Å². The van der Waals surface area contributed by atoms with Gasteiger partial charge in [0.2, 0.25) is 11.8 Å². The first-order valence-corrected chi connectivity index (χ1v) is 9.27. The molecule has 3 N–H and O–H groups in total. The van der Waals surface area contributed by atoms with Crippen LogP contribution in [-0.2, 0) is 9.59 Å². The summed E-state index contributed by atoms with van der Waals surface area (Å²) in [6.07, 6.45) is -0.131. The van der Waals surface area contributed by atoms with Gasteiger partial charge in [0.05, 0.1) is 6.42 Å². The number of hydrogen-bond donors (Lipinski definition) is 3. The molecular weight excluding hydrogens is 380 g/mol. The van der Waals surface area contributed by atoms with Gasteiger partial charge in [-0.3, -0.25) is 9.59 Å². The molecule has 28 heavy (non-hydrogen) atoms. The van der Waals surface area contributed by atoms with Crippen LogP contribution in [0.25, 0.3) is 0 Å². The zero-order valence-corrected chi connectivity index (χ0v) is 16.1. The van der Waals surface area contributed by atoms with Crippen LogP contribution >= 0.6 is 11.6 Å². The summed E-state index contributed by atoms with van der Waals surface area (Å²) in [6.45, 7) is 2.57. The van der Waals surface area contributed by atoms with Gasteiger partial charge in [-0.05, 0) is 48.9 Å². The number of benzene rings is 2. The van der Waals surface area contributed by atoms with E-state index in [1.807, 2.05) is 25.1 Å². The predicted octanol–water partition coefficient (Wildman–Crippen LogP) is 3.01. The van der Waals surface area contributed by atoms with Crippen LogP contribution in [0.1, 0.15) is 12.0 Å². The number of aryl methyl sites for hydroxylation is 1. The van der Waals surface area contributed by atoms with E-state index in [-0.39, 0.29) is 18.2 Å². The highest BCUT2D eigenvalue weighted by molar-refractivity contribution is 6.30. The maximum atomic E-state index is 12.7. The second-order valence-electron chi connectivity index (χ2n) is 6.56. The molecule has 0 spiro atoms. The van der Waals surface area contributed by atoms with Crippen LogP contribution in [0.15, 0.2) is 48.5 Å². The number of halogens is 1. The number of amides is 4. The van der Waals surface area contributed by atoms with Crippen molar-refractivity contribution in [1.29, 1.82) is 0 Å². The van der Waals surface area contributed by atoms with E-state index in [9.17, 15) is 14.4 Å². The Labute approximate surface area is 168 Å². The topological polar surface area (TPSA) is 90.5 Å². The fraction of sp³-hybridized carbons (Fsp3) is 0.250. The Morgan fingerprint density at radius 3 is 2.61 bits per heavy atom. The van der Waals surface area contributed by atoms with E-state index in [1.165, 1.54) is 4.90 Å². The first-order chi connectivity index (χ1) is 13.4. The molecule has 1 saturated heterocycles. The summed E-state index contributed by atoms with van der Waals surface area (Å²) in [7, 11) is 0. The molecule has 0 aromatic heterocycles. The lowest BCUT2D eigenvalue weighted by atomic mass is 10.1. The van der Waals surface area contributed by atoms with Crippen molar-refractivity contribution in [1.82, 2.24) is 10.2 Å². The Morgan fingerprint density at radius 1 is 1.14 bits per heavy atom. The van der Waals surface area contributed by atoms with Crippen molar-refractivity contribution in [2.75, 3.05) is 23.7 Å². The standard InChI is InChI=1S/C20H21ClN4O3/c1-13-3-2-4-16(11-13)23-18(26)12-17-19(27)22-9-10-25(17)20(28)24-15-7-5-14(21)6-8-15/h2-8,11,17H,9-10,12H2,1H3,(H,22,27)(H,23,26)(H,24,28)/t17-/m0/s1. The van der Waals surface area contributed by atoms with Crippen LogP contribution in [0, 0.1) is 6.92 Å². The second kappa shape index (κ2) is 8.75. The Bertz CT molecular complexity index is 885. The number of anilines is 2. The minimum absolute atomic E-state index is 0.131. The van der Waals surface area contributed by atoms with E-state index in [1.54, 1.807) is 30.3 Å². The molecule has 0 radical (unpaired) electrons. The zero-order chi connectivity index (χ0) is 20.1. The van der Waals surface area contributed by atoms with Gasteiger partial charge in [0, 0.05) is 29.5 Å². The van der Waals surface area contributed by atoms with Gasteiger partial charge in [-0.25, -0.2) is 4.79 Å². The van der Waals surface area contributed by atoms with E-state index in [4.69, 9.17) is 11.6 Å². The molecule has 4 amide bonds. The van der Waals surface area contributed by atoms with E-state index in [0.717, 1.165) is 5.56 Å². The number of carbonyl (C=O) groups is 3. The van der Waals surface area contributed by atoms with Gasteiger partial charge in [-0.1, -0.05) is 23.7 Å². The number of nitrogens with one attached hydrogen (secondary N) is 3. The summed E-state index contributed by atoms with van der Waals surface area (Å²) >= 11 is 5.85. The normalized spacial score (nSPS) is 16.3. The van der Waals surface area contributed by atoms with E-state index in [0.29, 0.717) is 29.5 Å². The highest BCUT2D eigenvalue weighted by Gasteiger charge is 2.34. The minimum atomic E-state index is -0.883. The van der Waals surface area contributed by atoms with E-state index in [2.05, 4.69) is 16.0 Å². The molecule has 0 bridgehead atoms. The van der Waals surface area contributed by atoms with Gasteiger partial charge in [-0.15, -0.1) is 0 Å². The molecule has 0 unspecified atom stereocenters. The van der Waals surface area contributed by atoms with Crippen LogP contribution in [0.4, 0.5) is 16.2 Å². The second-order valence-corrected chi connectivity index (χ2v) is 7.00. The van der Waals surface area contributed by atoms with Crippen molar-refractivity contribution in [2.45, 2.75) is 19.4 Å². The quantitative estimate of drug-likeness (QED) is 0.736. The highest BCUT2D eigenvalue weighted by atomic mass is 35.5. The molecule has 1 atom stereocenters. The molecule has 3 rings (SSSR count). The van der Waals surface area contributed by atoms with Crippen molar-refractivity contribution in [3.8, 4) is 0 Å². The predicted molar refractivity (Wildman–Crippen MR) is 108 cm³/mol. The van der Waals surface area contributed by atoms with Crippen LogP contribution in [0.5, 0.6) is 0 Å². The van der Waals surface area contributed by atoms with Gasteiger partial charge in [0.1, 0.15) is 6.04 Å². The molecule has 1 heterocycles. The first kappa shape index (κ1) is 19.7. The fourth-order valence-corrected chi connectivity index (χ4v) is 3.13. The Balaban J connectivity index is 1.67. The third-order valence-corrected chi connectivity index (χ3v) is 4.62. The molecule has 7 nitrogen and oxygen atoms in total. The molecule has 146 valence electrons. The summed E-state index contributed by atoms with van der Waals surface area (Å²) < 4.78 is 0. The lowest BCUT2D eigenvalue weighted by molar-refractivity contribution is -0.130. The summed E-state index contributed by atoms with van der Waals surface area (Å²) in [6, 6.07) is 12.7. The van der Waals surface area contributed by atoms with Crippen LogP contribution in [0.2, 0.25) is 5.02 Å². The zero-order valence-electron chi connectivity index (χ0n) is 15.4. The number of nitrogens with zero attached hydrogens (tertiary/aromatic N) is 1. The summed E-state index contributed by atoms with van der Waals surface area (Å²) in [5, 5.41) is 8.78. The van der Waals surface area contributed by atoms with Crippen LogP contribution in [-0.4, -0.2) is 41.9 Å². The molecule has 0 aliphatic carbocycles. The van der Waals surface area contributed by atoms with Gasteiger partial charge < -0.3 is 20.9 Å². The molecule has 2 aromatic rings. The van der Waals surface area contributed by atoms with Crippen molar-refractivity contribution in [2.24, 2.45) is 0 Å². The molecule has 0 saturated carbocycles. The molecule has 8 heteroatoms. The minimum Gasteiger partial charge on any atom is -0.353 e. The van der Waals surface area contributed by atoms with Crippen molar-refractivity contribution in [3.63, 3.8) is 0 Å². The number of rotatable bonds is 4. The lowest BCUT2D eigenvalue weighted by Crippen LogP contribution is -2.59. The average molecular weight is 401 g/mol. The van der Waals surface area contributed by atoms with Gasteiger partial charge in [0.15, 0.2) is 0 Å². The Kier molecular flexibility index (Phi) is 6.16. The molecule has 1 aliphatic rings. The Morgan fingerprint density at radius 2 is 1.89 bits per heavy atom. The third-order valence-electron chi connectivity index (χ3n) is 4.37. The van der Waals surface area contributed by atoms with Crippen molar-refractivity contribution in [3.05, 3.63) is 59.1 Å². The fourth-order valence-electron chi connectivity index (χ4n) is 3.00. The van der Waals surface area contributed by atoms with E-state index < -0.39 is 12.1 Å². The third kappa shape index (κ3) is 5.01. The summed E-state index contributed by atoms with van der Waals surface area (Å²) in [4.78, 5) is 38.8. The largest absolute Gasteiger partial charge is 0.353 e. The van der Waals surface area contributed by atoms with Gasteiger partial charge in [-0.2, -0.15) is 0 Å². The molecular formula is C20H21ClN4O3. The number of piperazine rings is 1. The molecule has 2 aromatic carbocycles. The average Bonchev–Trinajstić information content (AvgIpc) is 2.65. The maximum absolute atomic E-state index is 12.7. The van der Waals surface area contributed by atoms with Gasteiger partial charge in [0.25, 0.3) is 0 Å². The SMILES string of the molecule is Cc1cccc(NC(=O)C[C@H]2C(=O)NCCN2C(=O)Nc2ccc(Cl)cc2)c1. The summed E-state index contributed by atoms with van der Waals surface area (Å²) in [5.41, 5.74) is 2.22. The lowest BCUT2D eigenvalue weighted by Gasteiger charge is -2.34. The smallest absolute Gasteiger partial charge is 0.322 e. The number of urea groups is 1. The van der Waals surface area contributed by atoms with Crippen molar-refractivity contribution < 1.29 is 14.4 Å². The van der Waals surface area contributed by atoms with Crippen molar-refractivity contribution >= 4 is 40.8 Å². The van der Waals surface area contributed by atoms with E-state index >= 15 is 0 Å². The maximum Gasteiger partial charge on any atom is 0.322 e. The highest BCUT2D eigenvalue weighted by Crippen LogP contribution is 2.17. The Hall–Kier alpha value is -3.06. The first-order valence-electron chi connectivity index (χ1n) is 8.90. The number of carbonyl (C=O) groups excluding carboxylic acids is 3. The summed E-state index contributed by atoms with van der Waals surface area (Å²) in [5.74, 6) is -0.686. The molecule has 1 aliphatic heterocycles. The van der Waals surface area contributed by atoms with Gasteiger partial charge >= 0.3 is 6.03 Å². The number of hydrogen-bond acceptors (Lipinski definition) is 3. The van der Waals surface area contributed by atoms with Crippen LogP contribution < -0.4 is 16.0 Å². The molecule has 1 fully saturated rings. The monoisotopic (exact) mass is 400 g/mol.